The molecule has 0 aliphatic rings. The van der Waals surface area contributed by atoms with E-state index in [-0.39, 0.29) is 10.4 Å². The summed E-state index contributed by atoms with van der Waals surface area (Å²) >= 11 is 0. The van der Waals surface area contributed by atoms with E-state index in [1.54, 1.807) is 24.3 Å². The highest BCUT2D eigenvalue weighted by Gasteiger charge is 2.09. The van der Waals surface area contributed by atoms with Crippen LogP contribution in [0.4, 0.5) is 0 Å². The summed E-state index contributed by atoms with van der Waals surface area (Å²) < 4.78 is 26.3. The van der Waals surface area contributed by atoms with E-state index in [1.807, 2.05) is 0 Å². The van der Waals surface area contributed by atoms with Crippen LogP contribution in [0.1, 0.15) is 5.56 Å². The zero-order valence-corrected chi connectivity index (χ0v) is 8.21. The van der Waals surface area contributed by atoms with Gasteiger partial charge in [0.2, 0.25) is 10.3 Å². The highest BCUT2D eigenvalue weighted by atomic mass is 32.2. The maximum absolute atomic E-state index is 10.7. The number of ether oxygens (including phenoxy) is 1. The maximum Gasteiger partial charge on any atom is 0.233 e. The third kappa shape index (κ3) is 1.92. The number of hydrogen-bond acceptors (Lipinski definition) is 4. The second-order valence-corrected chi connectivity index (χ2v) is 3.25. The highest BCUT2D eigenvalue weighted by molar-refractivity contribution is 7.74. The number of para-hydroxylation sites is 1. The van der Waals surface area contributed by atoms with Gasteiger partial charge in [-0.15, -0.1) is 0 Å². The summed E-state index contributed by atoms with van der Waals surface area (Å²) in [6, 6.07) is 8.07. The second kappa shape index (κ2) is 4.44. The number of rotatable bonds is 2. The molecular weight excluding hydrogens is 202 g/mol. The first-order valence-electron chi connectivity index (χ1n) is 3.70. The van der Waals surface area contributed by atoms with Gasteiger partial charge in [-0.3, -0.25) is 0 Å². The van der Waals surface area contributed by atoms with Gasteiger partial charge in [0, 0.05) is 0 Å². The van der Waals surface area contributed by atoms with Crippen molar-refractivity contribution in [2.75, 3.05) is 7.11 Å². The Morgan fingerprint density at radius 3 is 2.57 bits per heavy atom. The van der Waals surface area contributed by atoms with Crippen LogP contribution in [0.2, 0.25) is 0 Å². The molecule has 0 bridgehead atoms. The molecular formula is C9H7NO3S. The van der Waals surface area contributed by atoms with Gasteiger partial charge in [0.05, 0.1) is 12.7 Å². The first-order chi connectivity index (χ1) is 6.70. The van der Waals surface area contributed by atoms with Crippen LogP contribution in [0, 0.1) is 11.3 Å². The van der Waals surface area contributed by atoms with Crippen LogP contribution in [0.5, 0.6) is 5.75 Å². The Hall–Kier alpha value is -1.80. The Morgan fingerprint density at radius 1 is 1.43 bits per heavy atom. The molecule has 5 heteroatoms. The van der Waals surface area contributed by atoms with Crippen LogP contribution >= 0.6 is 0 Å². The molecule has 0 amide bonds. The van der Waals surface area contributed by atoms with Gasteiger partial charge in [0.25, 0.3) is 0 Å². The molecule has 72 valence electrons. The van der Waals surface area contributed by atoms with Crippen molar-refractivity contribution in [1.82, 2.24) is 0 Å². The average Bonchev–Trinajstić information content (AvgIpc) is 2.19. The van der Waals surface area contributed by atoms with Crippen molar-refractivity contribution >= 4 is 15.2 Å². The molecule has 0 heterocycles. The SMILES string of the molecule is COc1ccccc1C(C#N)=S(=O)=O. The molecule has 14 heavy (non-hydrogen) atoms. The van der Waals surface area contributed by atoms with Gasteiger partial charge in [0.15, 0.2) is 4.86 Å². The Bertz CT molecular complexity index is 503. The van der Waals surface area contributed by atoms with E-state index in [0.29, 0.717) is 5.75 Å². The van der Waals surface area contributed by atoms with Gasteiger partial charge in [-0.1, -0.05) is 12.1 Å². The molecule has 4 nitrogen and oxygen atoms in total. The first kappa shape index (κ1) is 10.3. The average molecular weight is 209 g/mol. The van der Waals surface area contributed by atoms with Crippen LogP contribution in [-0.2, 0) is 10.3 Å². The molecule has 0 atom stereocenters. The Balaban J connectivity index is 3.48. The van der Waals surface area contributed by atoms with Crippen molar-refractivity contribution in [2.45, 2.75) is 0 Å². The van der Waals surface area contributed by atoms with E-state index in [1.165, 1.54) is 13.2 Å². The zero-order chi connectivity index (χ0) is 10.6. The first-order valence-corrected chi connectivity index (χ1v) is 4.78. The van der Waals surface area contributed by atoms with E-state index in [9.17, 15) is 8.42 Å². The monoisotopic (exact) mass is 209 g/mol. The van der Waals surface area contributed by atoms with Crippen molar-refractivity contribution in [3.63, 3.8) is 0 Å². The molecule has 1 rings (SSSR count). The topological polar surface area (TPSA) is 67.2 Å². The van der Waals surface area contributed by atoms with E-state index in [2.05, 4.69) is 0 Å². The number of nitrogens with zero attached hydrogens (tertiary/aromatic N) is 1. The predicted molar refractivity (Wildman–Crippen MR) is 51.6 cm³/mol. The minimum Gasteiger partial charge on any atom is -0.496 e. The fraction of sp³-hybridized carbons (Fsp3) is 0.111. The predicted octanol–water partition coefficient (Wildman–Crippen LogP) is 0.618. The van der Waals surface area contributed by atoms with Crippen LogP contribution in [0.3, 0.4) is 0 Å². The second-order valence-electron chi connectivity index (χ2n) is 2.38. The van der Waals surface area contributed by atoms with Crippen molar-refractivity contribution in [3.8, 4) is 11.8 Å². The molecule has 0 fully saturated rings. The summed E-state index contributed by atoms with van der Waals surface area (Å²) in [4.78, 5) is -0.317. The number of methoxy groups -OCH3 is 1. The highest BCUT2D eigenvalue weighted by Crippen LogP contribution is 2.17. The van der Waals surface area contributed by atoms with Crippen molar-refractivity contribution in [2.24, 2.45) is 0 Å². The lowest BCUT2D eigenvalue weighted by Crippen LogP contribution is -2.01. The summed E-state index contributed by atoms with van der Waals surface area (Å²) in [7, 11) is -1.12. The molecule has 0 spiro atoms. The standard InChI is InChI=1S/C9H7NO3S/c1-13-8-5-3-2-4-7(8)9(6-10)14(11)12/h2-5H,1H3. The molecule has 0 aliphatic carbocycles. The number of hydrogen-bond donors (Lipinski definition) is 0. The smallest absolute Gasteiger partial charge is 0.233 e. The Labute approximate surface area is 82.9 Å². The molecule has 0 N–H and O–H groups in total. The van der Waals surface area contributed by atoms with E-state index < -0.39 is 10.3 Å². The number of nitriles is 1. The zero-order valence-electron chi connectivity index (χ0n) is 7.39. The molecule has 0 aliphatic heterocycles. The van der Waals surface area contributed by atoms with E-state index in [4.69, 9.17) is 10.00 Å². The van der Waals surface area contributed by atoms with E-state index in [0.717, 1.165) is 0 Å². The lowest BCUT2D eigenvalue weighted by molar-refractivity contribution is 0.414. The third-order valence-electron chi connectivity index (χ3n) is 1.62. The number of benzene rings is 1. The molecule has 1 aromatic carbocycles. The minimum atomic E-state index is -2.54. The fourth-order valence-corrected chi connectivity index (χ4v) is 1.44. The molecule has 0 aromatic heterocycles. The molecule has 1 aromatic rings. The summed E-state index contributed by atoms with van der Waals surface area (Å²) in [5.41, 5.74) is 0.283. The summed E-state index contributed by atoms with van der Waals surface area (Å²) in [5, 5.41) is 8.63. The van der Waals surface area contributed by atoms with Gasteiger partial charge in [-0.25, -0.2) is 0 Å². The van der Waals surface area contributed by atoms with Crippen LogP contribution in [0.25, 0.3) is 0 Å². The molecule has 0 saturated heterocycles. The van der Waals surface area contributed by atoms with Crippen LogP contribution in [-0.4, -0.2) is 20.4 Å². The molecule has 0 radical (unpaired) electrons. The van der Waals surface area contributed by atoms with Crippen molar-refractivity contribution < 1.29 is 13.2 Å². The third-order valence-corrected chi connectivity index (χ3v) is 2.26. The van der Waals surface area contributed by atoms with Crippen LogP contribution < -0.4 is 4.74 Å². The Kier molecular flexibility index (Phi) is 3.26. The minimum absolute atomic E-state index is 0.283. The molecule has 0 unspecified atom stereocenters. The summed E-state index contributed by atoms with van der Waals surface area (Å²) in [6.45, 7) is 0. The normalized spacial score (nSPS) is 8.86. The fourth-order valence-electron chi connectivity index (χ4n) is 1.02. The van der Waals surface area contributed by atoms with E-state index >= 15 is 0 Å². The van der Waals surface area contributed by atoms with Gasteiger partial charge >= 0.3 is 0 Å². The lowest BCUT2D eigenvalue weighted by Gasteiger charge is -2.03. The summed E-state index contributed by atoms with van der Waals surface area (Å²) in [5.74, 6) is 0.369. The maximum atomic E-state index is 10.7. The quantitative estimate of drug-likeness (QED) is 0.529. The summed E-state index contributed by atoms with van der Waals surface area (Å²) in [6.07, 6.45) is 0. The van der Waals surface area contributed by atoms with Gasteiger partial charge in [-0.05, 0) is 12.1 Å². The van der Waals surface area contributed by atoms with Crippen molar-refractivity contribution in [3.05, 3.63) is 29.8 Å². The largest absolute Gasteiger partial charge is 0.496 e. The van der Waals surface area contributed by atoms with Crippen molar-refractivity contribution in [1.29, 1.82) is 5.26 Å². The molecule has 0 saturated carbocycles. The Morgan fingerprint density at radius 2 is 2.07 bits per heavy atom. The van der Waals surface area contributed by atoms with Gasteiger partial charge < -0.3 is 4.74 Å². The van der Waals surface area contributed by atoms with Crippen LogP contribution in [0.15, 0.2) is 24.3 Å². The van der Waals surface area contributed by atoms with Gasteiger partial charge in [0.1, 0.15) is 11.8 Å². The lowest BCUT2D eigenvalue weighted by atomic mass is 10.1. The van der Waals surface area contributed by atoms with Gasteiger partial charge in [-0.2, -0.15) is 13.7 Å².